The summed E-state index contributed by atoms with van der Waals surface area (Å²) in [6, 6.07) is 7.65. The number of ether oxygens (including phenoxy) is 2. The predicted octanol–water partition coefficient (Wildman–Crippen LogP) is 4.39. The first-order valence-electron chi connectivity index (χ1n) is 10.7. The fourth-order valence-electron chi connectivity index (χ4n) is 3.93. The van der Waals surface area contributed by atoms with Crippen molar-refractivity contribution < 1.29 is 27.4 Å². The normalized spacial score (nSPS) is 22.5. The van der Waals surface area contributed by atoms with E-state index >= 15 is 0 Å². The van der Waals surface area contributed by atoms with Crippen LogP contribution >= 0.6 is 0 Å². The Morgan fingerprint density at radius 3 is 2.66 bits per heavy atom. The van der Waals surface area contributed by atoms with E-state index in [0.717, 1.165) is 5.56 Å². The van der Waals surface area contributed by atoms with Crippen LogP contribution in [-0.2, 0) is 4.79 Å². The van der Waals surface area contributed by atoms with Gasteiger partial charge in [0, 0.05) is 25.8 Å². The van der Waals surface area contributed by atoms with Crippen LogP contribution in [0, 0.1) is 11.7 Å². The molecule has 2 aromatic rings. The van der Waals surface area contributed by atoms with E-state index in [2.05, 4.69) is 9.97 Å². The molecular weight excluding hydrogens is 423 g/mol. The van der Waals surface area contributed by atoms with E-state index in [9.17, 15) is 18.0 Å². The molecule has 6 nitrogen and oxygen atoms in total. The molecule has 2 fully saturated rings. The van der Waals surface area contributed by atoms with Gasteiger partial charge < -0.3 is 19.2 Å². The highest BCUT2D eigenvalue weighted by Gasteiger charge is 2.57. The van der Waals surface area contributed by atoms with Crippen molar-refractivity contribution in [2.75, 3.05) is 24.6 Å². The first-order chi connectivity index (χ1) is 15.2. The molecule has 4 rings (SSSR count). The third-order valence-electron chi connectivity index (χ3n) is 5.91. The Bertz CT molecular complexity index is 971. The first-order valence-corrected chi connectivity index (χ1v) is 10.7. The average molecular weight is 449 g/mol. The number of alkyl halides is 2. The van der Waals surface area contributed by atoms with Gasteiger partial charge in [-0.25, -0.2) is 13.8 Å². The van der Waals surface area contributed by atoms with Gasteiger partial charge in [0.2, 0.25) is 5.82 Å². The van der Waals surface area contributed by atoms with Crippen molar-refractivity contribution in [1.29, 1.82) is 0 Å². The zero-order chi connectivity index (χ0) is 22.9. The van der Waals surface area contributed by atoms with Crippen molar-refractivity contribution in [3.63, 3.8) is 0 Å². The molecule has 3 atom stereocenters. The maximum Gasteiger partial charge on any atom is 0.255 e. The van der Waals surface area contributed by atoms with Crippen molar-refractivity contribution in [2.45, 2.75) is 51.1 Å². The van der Waals surface area contributed by atoms with Crippen LogP contribution in [0.25, 0.3) is 0 Å². The highest BCUT2D eigenvalue weighted by Crippen LogP contribution is 2.48. The lowest BCUT2D eigenvalue weighted by Gasteiger charge is -2.19. The van der Waals surface area contributed by atoms with Crippen molar-refractivity contribution in [3.05, 3.63) is 42.0 Å². The number of Topliss-reactive ketones (excluding diaryl/α,β-unsaturated/α-hetero) is 1. The lowest BCUT2D eigenvalue weighted by atomic mass is 9.96. The maximum absolute atomic E-state index is 14.8. The van der Waals surface area contributed by atoms with Gasteiger partial charge in [0.05, 0.1) is 19.1 Å². The molecule has 2 aliphatic rings. The summed E-state index contributed by atoms with van der Waals surface area (Å²) >= 11 is 0. The van der Waals surface area contributed by atoms with Crippen LogP contribution in [0.2, 0.25) is 0 Å². The number of aromatic nitrogens is 2. The second-order valence-corrected chi connectivity index (χ2v) is 8.64. The Hall–Kier alpha value is -2.84. The average Bonchev–Trinajstić information content (AvgIpc) is 3.12. The summed E-state index contributed by atoms with van der Waals surface area (Å²) in [5.41, 5.74) is 1.07. The van der Waals surface area contributed by atoms with Gasteiger partial charge >= 0.3 is 0 Å². The number of hydrogen-bond acceptors (Lipinski definition) is 6. The van der Waals surface area contributed by atoms with Crippen LogP contribution in [0.1, 0.15) is 44.6 Å². The summed E-state index contributed by atoms with van der Waals surface area (Å²) < 4.78 is 52.1. The number of carbonyl (C=O) groups is 1. The number of benzene rings is 1. The van der Waals surface area contributed by atoms with Crippen molar-refractivity contribution in [1.82, 2.24) is 9.97 Å². The number of ketones is 1. The Kier molecular flexibility index (Phi) is 6.26. The quantitative estimate of drug-likeness (QED) is 0.566. The lowest BCUT2D eigenvalue weighted by Crippen LogP contribution is -2.26. The molecule has 0 bridgehead atoms. The molecule has 1 saturated carbocycles. The van der Waals surface area contributed by atoms with E-state index in [1.54, 1.807) is 11.8 Å². The van der Waals surface area contributed by atoms with Crippen LogP contribution in [0.5, 0.6) is 11.6 Å². The summed E-state index contributed by atoms with van der Waals surface area (Å²) in [5.74, 6) is -3.59. The maximum atomic E-state index is 14.8. The van der Waals surface area contributed by atoms with Crippen molar-refractivity contribution >= 4 is 11.6 Å². The van der Waals surface area contributed by atoms with E-state index in [1.807, 2.05) is 31.2 Å². The summed E-state index contributed by atoms with van der Waals surface area (Å²) in [4.78, 5) is 20.8. The van der Waals surface area contributed by atoms with Gasteiger partial charge in [0.1, 0.15) is 24.0 Å². The molecule has 0 N–H and O–H groups in total. The fourth-order valence-corrected chi connectivity index (χ4v) is 3.93. The molecular formula is C23H26F3N3O3. The summed E-state index contributed by atoms with van der Waals surface area (Å²) in [5, 5.41) is 0. The number of hydrogen-bond donors (Lipinski definition) is 0. The molecule has 0 spiro atoms. The van der Waals surface area contributed by atoms with E-state index < -0.39 is 17.7 Å². The standard InChI is InChI=1S/C23H26F3N3O3/c1-14(9-15(2)30)16-3-5-18(6-4-16)32-19-7-8-29(11-19)21-20(24)22(28-13-27-21)31-12-17-10-23(17,25)26/h3-6,13-14,17,19H,7-12H2,1-2H3/t14-,17+,19-/m1/s1. The Balaban J connectivity index is 1.33. The van der Waals surface area contributed by atoms with Crippen molar-refractivity contribution in [2.24, 2.45) is 5.92 Å². The van der Waals surface area contributed by atoms with Crippen LogP contribution in [0.4, 0.5) is 19.0 Å². The number of rotatable bonds is 9. The molecule has 1 aliphatic heterocycles. The van der Waals surface area contributed by atoms with E-state index in [0.29, 0.717) is 31.7 Å². The molecule has 9 heteroatoms. The molecule has 1 saturated heterocycles. The smallest absolute Gasteiger partial charge is 0.255 e. The van der Waals surface area contributed by atoms with Gasteiger partial charge in [-0.15, -0.1) is 0 Å². The topological polar surface area (TPSA) is 64.5 Å². The second kappa shape index (κ2) is 8.96. The van der Waals surface area contributed by atoms with Gasteiger partial charge in [-0.2, -0.15) is 9.37 Å². The van der Waals surface area contributed by atoms with E-state index in [4.69, 9.17) is 9.47 Å². The van der Waals surface area contributed by atoms with Crippen LogP contribution < -0.4 is 14.4 Å². The van der Waals surface area contributed by atoms with Crippen LogP contribution in [0.3, 0.4) is 0 Å². The van der Waals surface area contributed by atoms with Crippen LogP contribution in [-0.4, -0.2) is 47.5 Å². The number of carbonyl (C=O) groups excluding carboxylic acids is 1. The van der Waals surface area contributed by atoms with Gasteiger partial charge in [-0.3, -0.25) is 0 Å². The molecule has 0 unspecified atom stereocenters. The molecule has 2 heterocycles. The van der Waals surface area contributed by atoms with Gasteiger partial charge in [-0.1, -0.05) is 19.1 Å². The largest absolute Gasteiger partial charge is 0.489 e. The fraction of sp³-hybridized carbons (Fsp3) is 0.522. The highest BCUT2D eigenvalue weighted by molar-refractivity contribution is 5.76. The van der Waals surface area contributed by atoms with E-state index in [1.165, 1.54) is 6.33 Å². The molecule has 0 radical (unpaired) electrons. The van der Waals surface area contributed by atoms with Crippen molar-refractivity contribution in [3.8, 4) is 11.6 Å². The minimum absolute atomic E-state index is 0.0806. The first kappa shape index (κ1) is 22.4. The summed E-state index contributed by atoms with van der Waals surface area (Å²) in [6.07, 6.45) is 1.95. The molecule has 32 heavy (non-hydrogen) atoms. The minimum Gasteiger partial charge on any atom is -0.489 e. The number of halogens is 3. The Morgan fingerprint density at radius 2 is 2.00 bits per heavy atom. The Morgan fingerprint density at radius 1 is 1.28 bits per heavy atom. The predicted molar refractivity (Wildman–Crippen MR) is 112 cm³/mol. The number of anilines is 1. The zero-order valence-electron chi connectivity index (χ0n) is 18.1. The SMILES string of the molecule is CC(=O)C[C@@H](C)c1ccc(O[C@@H]2CCN(c3ncnc(OC[C@@H]4CC4(F)F)c3F)C2)cc1. The Labute approximate surface area is 184 Å². The second-order valence-electron chi connectivity index (χ2n) is 8.64. The lowest BCUT2D eigenvalue weighted by molar-refractivity contribution is -0.117. The number of nitrogens with zero attached hydrogens (tertiary/aromatic N) is 3. The highest BCUT2D eigenvalue weighted by atomic mass is 19.3. The van der Waals surface area contributed by atoms with Crippen LogP contribution in [0.15, 0.2) is 30.6 Å². The van der Waals surface area contributed by atoms with Gasteiger partial charge in [0.15, 0.2) is 5.82 Å². The molecule has 1 aromatic carbocycles. The minimum atomic E-state index is -2.73. The zero-order valence-corrected chi connectivity index (χ0v) is 18.1. The summed E-state index contributed by atoms with van der Waals surface area (Å²) in [7, 11) is 0. The molecule has 1 aliphatic carbocycles. The third kappa shape index (κ3) is 5.14. The monoisotopic (exact) mass is 449 g/mol. The van der Waals surface area contributed by atoms with Gasteiger partial charge in [0.25, 0.3) is 11.8 Å². The molecule has 1 aromatic heterocycles. The van der Waals surface area contributed by atoms with Gasteiger partial charge in [-0.05, 0) is 30.5 Å². The van der Waals surface area contributed by atoms with E-state index in [-0.39, 0.29) is 42.5 Å². The molecule has 172 valence electrons. The summed E-state index contributed by atoms with van der Waals surface area (Å²) in [6.45, 7) is 4.29. The molecule has 0 amide bonds. The third-order valence-corrected chi connectivity index (χ3v) is 5.91.